The molecule has 2 saturated heterocycles. The maximum atomic E-state index is 13.3. The molecule has 4 heteroatoms. The number of piperidine rings is 1. The maximum Gasteiger partial charge on any atom is 0.254 e. The summed E-state index contributed by atoms with van der Waals surface area (Å²) in [6.45, 7) is 6.71. The molecule has 154 valence electrons. The average Bonchev–Trinajstić information content (AvgIpc) is 2.78. The Hall–Kier alpha value is -2.17. The summed E-state index contributed by atoms with van der Waals surface area (Å²) in [4.78, 5) is 17.9. The largest absolute Gasteiger partial charge is 0.376 e. The van der Waals surface area contributed by atoms with Crippen molar-refractivity contribution < 1.29 is 9.53 Å². The first-order valence-electron chi connectivity index (χ1n) is 11.0. The van der Waals surface area contributed by atoms with Gasteiger partial charge in [0.05, 0.1) is 12.7 Å². The summed E-state index contributed by atoms with van der Waals surface area (Å²) in [6, 6.07) is 19.2. The van der Waals surface area contributed by atoms with Crippen molar-refractivity contribution in [2.45, 2.75) is 44.8 Å². The van der Waals surface area contributed by atoms with Crippen LogP contribution in [0, 0.1) is 0 Å². The summed E-state index contributed by atoms with van der Waals surface area (Å²) >= 11 is 0. The molecule has 1 amide bonds. The minimum absolute atomic E-state index is 0.197. The molecule has 2 aliphatic heterocycles. The molecule has 0 spiro atoms. The van der Waals surface area contributed by atoms with E-state index >= 15 is 0 Å². The lowest BCUT2D eigenvalue weighted by molar-refractivity contribution is -0.0423. The van der Waals surface area contributed by atoms with E-state index < -0.39 is 0 Å². The topological polar surface area (TPSA) is 32.8 Å². The zero-order chi connectivity index (χ0) is 20.1. The Morgan fingerprint density at radius 2 is 1.69 bits per heavy atom. The lowest BCUT2D eigenvalue weighted by Crippen LogP contribution is -2.51. The van der Waals surface area contributed by atoms with E-state index in [2.05, 4.69) is 47.1 Å². The number of aryl methyl sites for hydroxylation is 2. The average molecular weight is 393 g/mol. The van der Waals surface area contributed by atoms with Gasteiger partial charge in [0.15, 0.2) is 0 Å². The van der Waals surface area contributed by atoms with Crippen LogP contribution in [0.5, 0.6) is 0 Å². The number of benzene rings is 2. The number of ether oxygens (including phenoxy) is 1. The molecule has 1 atom stereocenters. The van der Waals surface area contributed by atoms with E-state index in [1.54, 1.807) is 0 Å². The summed E-state index contributed by atoms with van der Waals surface area (Å²) in [5.41, 5.74) is 3.35. The molecule has 4 nitrogen and oxygen atoms in total. The molecule has 2 heterocycles. The predicted molar refractivity (Wildman–Crippen MR) is 116 cm³/mol. The van der Waals surface area contributed by atoms with Gasteiger partial charge in [0.25, 0.3) is 5.91 Å². The van der Waals surface area contributed by atoms with Crippen LogP contribution in [0.4, 0.5) is 0 Å². The normalized spacial score (nSPS) is 21.3. The van der Waals surface area contributed by atoms with E-state index in [0.29, 0.717) is 12.1 Å². The van der Waals surface area contributed by atoms with Crippen LogP contribution in [0.15, 0.2) is 54.6 Å². The van der Waals surface area contributed by atoms with Crippen molar-refractivity contribution in [3.63, 3.8) is 0 Å². The Labute approximate surface area is 174 Å². The minimum Gasteiger partial charge on any atom is -0.376 e. The van der Waals surface area contributed by atoms with Gasteiger partial charge in [-0.3, -0.25) is 9.69 Å². The number of carbonyl (C=O) groups excluding carboxylic acids is 1. The molecule has 2 aromatic rings. The number of morpholine rings is 1. The van der Waals surface area contributed by atoms with Crippen LogP contribution in [-0.2, 0) is 17.6 Å². The van der Waals surface area contributed by atoms with Crippen molar-refractivity contribution in [1.82, 2.24) is 9.80 Å². The van der Waals surface area contributed by atoms with Gasteiger partial charge in [-0.2, -0.15) is 0 Å². The Morgan fingerprint density at radius 3 is 2.45 bits per heavy atom. The van der Waals surface area contributed by atoms with Crippen LogP contribution in [0.25, 0.3) is 0 Å². The molecule has 2 aliphatic rings. The molecule has 0 aliphatic carbocycles. The van der Waals surface area contributed by atoms with Crippen LogP contribution >= 0.6 is 0 Å². The summed E-state index contributed by atoms with van der Waals surface area (Å²) in [6.07, 6.45) is 4.30. The highest BCUT2D eigenvalue weighted by molar-refractivity contribution is 5.95. The SMILES string of the molecule is CC1CN(C2CCN(C(=O)c3ccccc3CCc3ccccc3)CC2)CCO1. The first-order chi connectivity index (χ1) is 14.2. The fourth-order valence-corrected chi connectivity index (χ4v) is 4.65. The second-order valence-electron chi connectivity index (χ2n) is 8.34. The van der Waals surface area contributed by atoms with Crippen LogP contribution in [0.1, 0.15) is 41.3 Å². The Bertz CT molecular complexity index is 799. The third-order valence-electron chi connectivity index (χ3n) is 6.31. The van der Waals surface area contributed by atoms with Gasteiger partial charge >= 0.3 is 0 Å². The Balaban J connectivity index is 1.36. The second kappa shape index (κ2) is 9.55. The summed E-state index contributed by atoms with van der Waals surface area (Å²) in [7, 11) is 0. The molecule has 0 aromatic heterocycles. The number of likely N-dealkylation sites (tertiary alicyclic amines) is 1. The number of nitrogens with zero attached hydrogens (tertiary/aromatic N) is 2. The molecule has 0 bridgehead atoms. The molecule has 1 unspecified atom stereocenters. The number of hydrogen-bond donors (Lipinski definition) is 0. The third-order valence-corrected chi connectivity index (χ3v) is 6.31. The van der Waals surface area contributed by atoms with E-state index in [9.17, 15) is 4.79 Å². The standard InChI is InChI=1S/C25H32N2O2/c1-20-19-27(17-18-29-20)23-13-15-26(16-14-23)25(28)24-10-6-5-9-22(24)12-11-21-7-3-2-4-8-21/h2-10,20,23H,11-19H2,1H3. The highest BCUT2D eigenvalue weighted by Gasteiger charge is 2.30. The lowest BCUT2D eigenvalue weighted by Gasteiger charge is -2.41. The van der Waals surface area contributed by atoms with E-state index in [0.717, 1.165) is 69.6 Å². The third kappa shape index (κ3) is 5.06. The number of hydrogen-bond acceptors (Lipinski definition) is 3. The van der Waals surface area contributed by atoms with E-state index in [1.807, 2.05) is 24.3 Å². The van der Waals surface area contributed by atoms with Crippen molar-refractivity contribution >= 4 is 5.91 Å². The monoisotopic (exact) mass is 392 g/mol. The number of amides is 1. The van der Waals surface area contributed by atoms with Gasteiger partial charge in [-0.25, -0.2) is 0 Å². The van der Waals surface area contributed by atoms with Gasteiger partial charge in [-0.15, -0.1) is 0 Å². The highest BCUT2D eigenvalue weighted by atomic mass is 16.5. The van der Waals surface area contributed by atoms with Crippen molar-refractivity contribution in [1.29, 1.82) is 0 Å². The zero-order valence-corrected chi connectivity index (χ0v) is 17.4. The predicted octanol–water partition coefficient (Wildman–Crippen LogP) is 3.80. The molecule has 0 saturated carbocycles. The zero-order valence-electron chi connectivity index (χ0n) is 17.4. The number of carbonyl (C=O) groups is 1. The molecule has 29 heavy (non-hydrogen) atoms. The second-order valence-corrected chi connectivity index (χ2v) is 8.34. The summed E-state index contributed by atoms with van der Waals surface area (Å²) < 4.78 is 5.68. The Morgan fingerprint density at radius 1 is 0.966 bits per heavy atom. The lowest BCUT2D eigenvalue weighted by atomic mass is 9.97. The summed E-state index contributed by atoms with van der Waals surface area (Å²) in [5, 5.41) is 0. The van der Waals surface area contributed by atoms with Crippen molar-refractivity contribution in [3.05, 3.63) is 71.3 Å². The van der Waals surface area contributed by atoms with E-state index in [-0.39, 0.29) is 5.91 Å². The van der Waals surface area contributed by atoms with Gasteiger partial charge in [0, 0.05) is 37.8 Å². The minimum atomic E-state index is 0.197. The molecule has 2 aromatic carbocycles. The molecular weight excluding hydrogens is 360 g/mol. The fourth-order valence-electron chi connectivity index (χ4n) is 4.65. The molecule has 0 radical (unpaired) electrons. The fraction of sp³-hybridized carbons (Fsp3) is 0.480. The van der Waals surface area contributed by atoms with Crippen LogP contribution < -0.4 is 0 Å². The smallest absolute Gasteiger partial charge is 0.254 e. The van der Waals surface area contributed by atoms with Crippen molar-refractivity contribution in [3.8, 4) is 0 Å². The van der Waals surface area contributed by atoms with Crippen molar-refractivity contribution in [2.75, 3.05) is 32.8 Å². The van der Waals surface area contributed by atoms with E-state index in [1.165, 1.54) is 5.56 Å². The number of rotatable bonds is 5. The van der Waals surface area contributed by atoms with Crippen LogP contribution in [-0.4, -0.2) is 60.6 Å². The molecule has 0 N–H and O–H groups in total. The first-order valence-corrected chi connectivity index (χ1v) is 11.0. The molecular formula is C25H32N2O2. The highest BCUT2D eigenvalue weighted by Crippen LogP contribution is 2.22. The van der Waals surface area contributed by atoms with Crippen molar-refractivity contribution in [2.24, 2.45) is 0 Å². The molecule has 4 rings (SSSR count). The molecule has 2 fully saturated rings. The van der Waals surface area contributed by atoms with Gasteiger partial charge in [-0.05, 0) is 49.8 Å². The van der Waals surface area contributed by atoms with Gasteiger partial charge in [-0.1, -0.05) is 48.5 Å². The quantitative estimate of drug-likeness (QED) is 0.776. The van der Waals surface area contributed by atoms with Crippen LogP contribution in [0.2, 0.25) is 0 Å². The summed E-state index contributed by atoms with van der Waals surface area (Å²) in [5.74, 6) is 0.197. The Kier molecular flexibility index (Phi) is 6.63. The first kappa shape index (κ1) is 20.1. The maximum absolute atomic E-state index is 13.3. The van der Waals surface area contributed by atoms with Gasteiger partial charge in [0.2, 0.25) is 0 Å². The van der Waals surface area contributed by atoms with Gasteiger partial charge < -0.3 is 9.64 Å². The van der Waals surface area contributed by atoms with Gasteiger partial charge in [0.1, 0.15) is 0 Å². The van der Waals surface area contributed by atoms with Crippen LogP contribution in [0.3, 0.4) is 0 Å². The van der Waals surface area contributed by atoms with E-state index in [4.69, 9.17) is 4.74 Å².